The summed E-state index contributed by atoms with van der Waals surface area (Å²) in [5.41, 5.74) is 3.83. The summed E-state index contributed by atoms with van der Waals surface area (Å²) in [7, 11) is 0. The summed E-state index contributed by atoms with van der Waals surface area (Å²) in [6.45, 7) is 2.08. The average molecular weight is 567 g/mol. The molecule has 0 radical (unpaired) electrons. The number of carbonyl (C=O) groups is 3. The second-order valence-electron chi connectivity index (χ2n) is 10.3. The van der Waals surface area contributed by atoms with Crippen LogP contribution in [0.15, 0.2) is 103 Å². The zero-order chi connectivity index (χ0) is 29.6. The minimum Gasteiger partial charge on any atom is -0.478 e. The highest BCUT2D eigenvalue weighted by Crippen LogP contribution is 2.31. The van der Waals surface area contributed by atoms with Crippen molar-refractivity contribution in [2.24, 2.45) is 0 Å². The smallest absolute Gasteiger partial charge is 0.411 e. The number of hydrogen-bond acceptors (Lipinski definition) is 4. The van der Waals surface area contributed by atoms with Crippen LogP contribution in [0, 0.1) is 5.82 Å². The number of carboxylic acids is 1. The molecule has 1 aliphatic heterocycles. The van der Waals surface area contributed by atoms with Crippen molar-refractivity contribution in [3.63, 3.8) is 0 Å². The van der Waals surface area contributed by atoms with Crippen molar-refractivity contribution in [1.29, 1.82) is 0 Å². The molecule has 0 aromatic heterocycles. The van der Waals surface area contributed by atoms with E-state index in [0.29, 0.717) is 11.1 Å². The third kappa shape index (κ3) is 6.33. The Balaban J connectivity index is 1.48. The lowest BCUT2D eigenvalue weighted by molar-refractivity contribution is -0.140. The molecule has 0 fully saturated rings. The van der Waals surface area contributed by atoms with Gasteiger partial charge >= 0.3 is 12.1 Å². The number of hydrogen-bond donors (Lipinski definition) is 1. The van der Waals surface area contributed by atoms with Crippen LogP contribution in [0.4, 0.5) is 9.18 Å². The number of ether oxygens (including phenoxy) is 1. The summed E-state index contributed by atoms with van der Waals surface area (Å²) in [6.07, 6.45) is -0.343. The molecule has 0 aliphatic carbocycles. The van der Waals surface area contributed by atoms with Crippen LogP contribution in [-0.2, 0) is 35.6 Å². The fraction of sp³-hybridized carbons (Fsp3) is 0.206. The van der Waals surface area contributed by atoms with Crippen molar-refractivity contribution in [3.8, 4) is 0 Å². The van der Waals surface area contributed by atoms with E-state index in [1.54, 1.807) is 42.2 Å². The second kappa shape index (κ2) is 12.7. The molecule has 0 saturated heterocycles. The number of benzene rings is 4. The van der Waals surface area contributed by atoms with Crippen molar-refractivity contribution >= 4 is 18.0 Å². The van der Waals surface area contributed by atoms with Crippen LogP contribution in [0.1, 0.15) is 51.1 Å². The third-order valence-corrected chi connectivity index (χ3v) is 7.63. The second-order valence-corrected chi connectivity index (χ2v) is 10.3. The van der Waals surface area contributed by atoms with E-state index < -0.39 is 30.0 Å². The van der Waals surface area contributed by atoms with Crippen LogP contribution in [-0.4, -0.2) is 38.9 Å². The molecule has 0 spiro atoms. The normalized spacial score (nSPS) is 14.9. The van der Waals surface area contributed by atoms with E-state index in [1.807, 2.05) is 54.6 Å². The lowest BCUT2D eigenvalue weighted by Gasteiger charge is -2.40. The van der Waals surface area contributed by atoms with Crippen LogP contribution in [0.3, 0.4) is 0 Å². The molecular formula is C34H31FN2O5. The van der Waals surface area contributed by atoms with Gasteiger partial charge in [0.25, 0.3) is 0 Å². The Bertz CT molecular complexity index is 1570. The maximum absolute atomic E-state index is 15.0. The highest BCUT2D eigenvalue weighted by Gasteiger charge is 2.39. The zero-order valence-corrected chi connectivity index (χ0v) is 23.2. The number of aromatic carboxylic acids is 1. The highest BCUT2D eigenvalue weighted by atomic mass is 19.1. The zero-order valence-electron chi connectivity index (χ0n) is 23.2. The van der Waals surface area contributed by atoms with E-state index in [0.717, 1.165) is 16.7 Å². The quantitative estimate of drug-likeness (QED) is 0.268. The Hall–Kier alpha value is -4.98. The standard InChI is InChI=1S/C34H31FN2O5/c1-23(29-13-7-8-14-30(29)35)36(20-24-15-17-26(18-16-24)33(39)40)32(38)31-19-27-11-5-6-12-28(27)21-37(31)34(41)42-22-25-9-3-2-4-10-25/h2-18,23,31H,19-22H2,1H3,(H,39,40)/t23-,31?/m1/s1. The van der Waals surface area contributed by atoms with Crippen molar-refractivity contribution in [2.45, 2.75) is 45.1 Å². The van der Waals surface area contributed by atoms with Gasteiger partial charge in [-0.25, -0.2) is 14.0 Å². The van der Waals surface area contributed by atoms with Gasteiger partial charge < -0.3 is 14.7 Å². The Morgan fingerprint density at radius 2 is 1.52 bits per heavy atom. The first-order valence-electron chi connectivity index (χ1n) is 13.7. The van der Waals surface area contributed by atoms with Gasteiger partial charge in [-0.3, -0.25) is 9.69 Å². The van der Waals surface area contributed by atoms with Gasteiger partial charge in [0.1, 0.15) is 18.5 Å². The van der Waals surface area contributed by atoms with Crippen molar-refractivity contribution in [1.82, 2.24) is 9.80 Å². The Morgan fingerprint density at radius 3 is 2.21 bits per heavy atom. The van der Waals surface area contributed by atoms with E-state index in [-0.39, 0.29) is 37.6 Å². The molecule has 4 aromatic carbocycles. The molecule has 1 N–H and O–H groups in total. The number of carboxylic acid groups (broad SMARTS) is 1. The first kappa shape index (κ1) is 28.5. The molecule has 2 amide bonds. The van der Waals surface area contributed by atoms with Gasteiger partial charge in [-0.1, -0.05) is 84.9 Å². The third-order valence-electron chi connectivity index (χ3n) is 7.63. The van der Waals surface area contributed by atoms with Crippen LogP contribution in [0.5, 0.6) is 0 Å². The number of rotatable bonds is 8. The van der Waals surface area contributed by atoms with Gasteiger partial charge in [0.05, 0.1) is 18.2 Å². The molecule has 2 atom stereocenters. The summed E-state index contributed by atoms with van der Waals surface area (Å²) in [5.74, 6) is -1.86. The van der Waals surface area contributed by atoms with Crippen LogP contribution in [0.25, 0.3) is 0 Å². The summed E-state index contributed by atoms with van der Waals surface area (Å²) >= 11 is 0. The molecule has 0 saturated carbocycles. The lowest BCUT2D eigenvalue weighted by atomic mass is 9.92. The predicted octanol–water partition coefficient (Wildman–Crippen LogP) is 6.38. The highest BCUT2D eigenvalue weighted by molar-refractivity contribution is 5.88. The minimum atomic E-state index is -1.06. The fourth-order valence-electron chi connectivity index (χ4n) is 5.27. The molecule has 4 aromatic rings. The molecule has 1 aliphatic rings. The molecule has 1 heterocycles. The summed E-state index contributed by atoms with van der Waals surface area (Å²) in [6, 6.07) is 27.9. The molecule has 1 unspecified atom stereocenters. The van der Waals surface area contributed by atoms with Crippen LogP contribution < -0.4 is 0 Å². The largest absolute Gasteiger partial charge is 0.478 e. The average Bonchev–Trinajstić information content (AvgIpc) is 3.02. The number of nitrogens with zero attached hydrogens (tertiary/aromatic N) is 2. The van der Waals surface area contributed by atoms with E-state index in [4.69, 9.17) is 4.74 Å². The monoisotopic (exact) mass is 566 g/mol. The maximum Gasteiger partial charge on any atom is 0.411 e. The fourth-order valence-corrected chi connectivity index (χ4v) is 5.27. The van der Waals surface area contributed by atoms with E-state index >= 15 is 0 Å². The van der Waals surface area contributed by atoms with Gasteiger partial charge in [-0.2, -0.15) is 0 Å². The molecular weight excluding hydrogens is 535 g/mol. The SMILES string of the molecule is C[C@H](c1ccccc1F)N(Cc1ccc(C(=O)O)cc1)C(=O)C1Cc2ccccc2CN1C(=O)OCc1ccccc1. The van der Waals surface area contributed by atoms with Crippen LogP contribution in [0.2, 0.25) is 0 Å². The number of carbonyl (C=O) groups excluding carboxylic acids is 2. The lowest BCUT2D eigenvalue weighted by Crippen LogP contribution is -2.54. The van der Waals surface area contributed by atoms with Gasteiger partial charge in [-0.05, 0) is 47.4 Å². The van der Waals surface area contributed by atoms with Crippen molar-refractivity contribution < 1.29 is 28.6 Å². The Labute approximate surface area is 243 Å². The first-order chi connectivity index (χ1) is 20.3. The number of amides is 2. The number of halogens is 1. The first-order valence-corrected chi connectivity index (χ1v) is 13.7. The number of fused-ring (bicyclic) bond motifs is 1. The van der Waals surface area contributed by atoms with E-state index in [1.165, 1.54) is 23.1 Å². The summed E-state index contributed by atoms with van der Waals surface area (Å²) < 4.78 is 20.6. The topological polar surface area (TPSA) is 87.2 Å². The molecule has 7 nitrogen and oxygen atoms in total. The van der Waals surface area contributed by atoms with E-state index in [9.17, 15) is 23.9 Å². The molecule has 0 bridgehead atoms. The summed E-state index contributed by atoms with van der Waals surface area (Å²) in [4.78, 5) is 42.3. The van der Waals surface area contributed by atoms with Gasteiger partial charge in [-0.15, -0.1) is 0 Å². The molecule has 5 rings (SSSR count). The van der Waals surface area contributed by atoms with Crippen molar-refractivity contribution in [3.05, 3.63) is 142 Å². The van der Waals surface area contributed by atoms with E-state index in [2.05, 4.69) is 0 Å². The van der Waals surface area contributed by atoms with Gasteiger partial charge in [0.2, 0.25) is 5.91 Å². The predicted molar refractivity (Wildman–Crippen MR) is 155 cm³/mol. The van der Waals surface area contributed by atoms with Gasteiger partial charge in [0, 0.05) is 18.5 Å². The Morgan fingerprint density at radius 1 is 0.881 bits per heavy atom. The summed E-state index contributed by atoms with van der Waals surface area (Å²) in [5, 5.41) is 9.31. The molecule has 214 valence electrons. The van der Waals surface area contributed by atoms with Gasteiger partial charge in [0.15, 0.2) is 0 Å². The maximum atomic E-state index is 15.0. The minimum absolute atomic E-state index is 0.0595. The van der Waals surface area contributed by atoms with Crippen LogP contribution >= 0.6 is 0 Å². The molecule has 8 heteroatoms. The molecule has 42 heavy (non-hydrogen) atoms. The Kier molecular flexibility index (Phi) is 8.62. The van der Waals surface area contributed by atoms with Crippen molar-refractivity contribution in [2.75, 3.05) is 0 Å².